The second kappa shape index (κ2) is 9.12. The predicted molar refractivity (Wildman–Crippen MR) is 123 cm³/mol. The predicted octanol–water partition coefficient (Wildman–Crippen LogP) is 4.97. The first kappa shape index (κ1) is 21.4. The number of amides is 1. The lowest BCUT2D eigenvalue weighted by molar-refractivity contribution is 0.0793. The fourth-order valence-electron chi connectivity index (χ4n) is 3.69. The summed E-state index contributed by atoms with van der Waals surface area (Å²) in [7, 11) is -3.85. The van der Waals surface area contributed by atoms with E-state index in [1.54, 1.807) is 78.9 Å². The molecule has 3 aromatic carbocycles. The molecule has 5 nitrogen and oxygen atoms in total. The maximum Gasteiger partial charge on any atom is 0.264 e. The number of hydrogen-bond acceptors (Lipinski definition) is 3. The van der Waals surface area contributed by atoms with Gasteiger partial charge in [-0.05, 0) is 60.9 Å². The van der Waals surface area contributed by atoms with Crippen LogP contribution in [0.15, 0.2) is 83.8 Å². The fourth-order valence-corrected chi connectivity index (χ4v) is 5.28. The Morgan fingerprint density at radius 1 is 0.903 bits per heavy atom. The van der Waals surface area contributed by atoms with Crippen molar-refractivity contribution in [3.63, 3.8) is 0 Å². The molecule has 3 aromatic rings. The van der Waals surface area contributed by atoms with Crippen LogP contribution in [-0.2, 0) is 16.6 Å². The quantitative estimate of drug-likeness (QED) is 0.528. The second-order valence-electron chi connectivity index (χ2n) is 7.50. The average molecular weight is 455 g/mol. The standard InChI is InChI=1S/C24H23ClN2O3S/c25-21-13-11-19(12-14-21)18-27(31(29,30)23-9-2-1-3-10-23)22-8-6-7-20(17-22)24(28)26-15-4-5-16-26/h1-3,6-14,17H,4-5,15-16,18H2. The molecule has 31 heavy (non-hydrogen) atoms. The van der Waals surface area contributed by atoms with Crippen molar-refractivity contribution in [2.24, 2.45) is 0 Å². The lowest BCUT2D eigenvalue weighted by Crippen LogP contribution is -2.31. The van der Waals surface area contributed by atoms with Crippen molar-refractivity contribution in [2.75, 3.05) is 17.4 Å². The van der Waals surface area contributed by atoms with Gasteiger partial charge in [0.2, 0.25) is 0 Å². The zero-order chi connectivity index (χ0) is 21.8. The molecule has 0 radical (unpaired) electrons. The number of halogens is 1. The van der Waals surface area contributed by atoms with Crippen LogP contribution >= 0.6 is 11.6 Å². The SMILES string of the molecule is O=C(c1cccc(N(Cc2ccc(Cl)cc2)S(=O)(=O)c2ccccc2)c1)N1CCCC1. The molecule has 0 saturated carbocycles. The van der Waals surface area contributed by atoms with Gasteiger partial charge in [-0.2, -0.15) is 0 Å². The van der Waals surface area contributed by atoms with Crippen LogP contribution in [-0.4, -0.2) is 32.3 Å². The van der Waals surface area contributed by atoms with E-state index >= 15 is 0 Å². The van der Waals surface area contributed by atoms with E-state index in [0.29, 0.717) is 16.3 Å². The zero-order valence-electron chi connectivity index (χ0n) is 16.9. The first-order valence-corrected chi connectivity index (χ1v) is 12.0. The first-order valence-electron chi connectivity index (χ1n) is 10.2. The van der Waals surface area contributed by atoms with Crippen LogP contribution in [0.2, 0.25) is 5.02 Å². The summed E-state index contributed by atoms with van der Waals surface area (Å²) in [4.78, 5) is 14.9. The van der Waals surface area contributed by atoms with E-state index in [2.05, 4.69) is 0 Å². The highest BCUT2D eigenvalue weighted by Gasteiger charge is 2.27. The Morgan fingerprint density at radius 3 is 2.26 bits per heavy atom. The molecular weight excluding hydrogens is 432 g/mol. The minimum absolute atomic E-state index is 0.0668. The number of rotatable bonds is 6. The molecule has 0 bridgehead atoms. The Morgan fingerprint density at radius 2 is 1.58 bits per heavy atom. The number of benzene rings is 3. The third kappa shape index (κ3) is 4.75. The molecule has 1 fully saturated rings. The van der Waals surface area contributed by atoms with Crippen molar-refractivity contribution in [1.29, 1.82) is 0 Å². The van der Waals surface area contributed by atoms with Crippen LogP contribution in [0.5, 0.6) is 0 Å². The van der Waals surface area contributed by atoms with E-state index in [0.717, 1.165) is 31.5 Å². The van der Waals surface area contributed by atoms with Crippen molar-refractivity contribution in [3.8, 4) is 0 Å². The Labute approximate surface area is 187 Å². The monoisotopic (exact) mass is 454 g/mol. The Kier molecular flexibility index (Phi) is 6.30. The fraction of sp³-hybridized carbons (Fsp3) is 0.208. The minimum Gasteiger partial charge on any atom is -0.339 e. The van der Waals surface area contributed by atoms with E-state index in [-0.39, 0.29) is 17.3 Å². The van der Waals surface area contributed by atoms with Gasteiger partial charge in [-0.25, -0.2) is 8.42 Å². The number of sulfonamides is 1. The molecular formula is C24H23ClN2O3S. The molecule has 1 heterocycles. The maximum atomic E-state index is 13.5. The summed E-state index contributed by atoms with van der Waals surface area (Å²) in [5.74, 6) is -0.0668. The summed E-state index contributed by atoms with van der Waals surface area (Å²) in [6.07, 6.45) is 1.99. The molecule has 160 valence electrons. The molecule has 0 N–H and O–H groups in total. The van der Waals surface area contributed by atoms with Crippen LogP contribution in [0, 0.1) is 0 Å². The van der Waals surface area contributed by atoms with Gasteiger partial charge in [0.25, 0.3) is 15.9 Å². The summed E-state index contributed by atoms with van der Waals surface area (Å²) in [5.41, 5.74) is 1.73. The summed E-state index contributed by atoms with van der Waals surface area (Å²) < 4.78 is 28.4. The van der Waals surface area contributed by atoms with E-state index in [1.165, 1.54) is 4.31 Å². The third-order valence-electron chi connectivity index (χ3n) is 5.35. The van der Waals surface area contributed by atoms with Crippen molar-refractivity contribution >= 4 is 33.2 Å². The molecule has 0 atom stereocenters. The van der Waals surface area contributed by atoms with Crippen LogP contribution in [0.3, 0.4) is 0 Å². The van der Waals surface area contributed by atoms with Gasteiger partial charge in [-0.1, -0.05) is 48.0 Å². The van der Waals surface area contributed by atoms with Crippen LogP contribution in [0.1, 0.15) is 28.8 Å². The number of carbonyl (C=O) groups is 1. The zero-order valence-corrected chi connectivity index (χ0v) is 18.5. The summed E-state index contributed by atoms with van der Waals surface area (Å²) in [6.45, 7) is 1.59. The van der Waals surface area contributed by atoms with Gasteiger partial charge >= 0.3 is 0 Å². The van der Waals surface area contributed by atoms with E-state index in [4.69, 9.17) is 11.6 Å². The summed E-state index contributed by atoms with van der Waals surface area (Å²) >= 11 is 5.99. The molecule has 0 spiro atoms. The molecule has 0 aromatic heterocycles. The van der Waals surface area contributed by atoms with Gasteiger partial charge in [-0.3, -0.25) is 9.10 Å². The van der Waals surface area contributed by atoms with E-state index in [9.17, 15) is 13.2 Å². The Hall–Kier alpha value is -2.83. The smallest absolute Gasteiger partial charge is 0.264 e. The first-order chi connectivity index (χ1) is 14.9. The van der Waals surface area contributed by atoms with E-state index < -0.39 is 10.0 Å². The minimum atomic E-state index is -3.85. The second-order valence-corrected chi connectivity index (χ2v) is 9.80. The number of nitrogens with zero attached hydrogens (tertiary/aromatic N) is 2. The third-order valence-corrected chi connectivity index (χ3v) is 7.39. The number of hydrogen-bond donors (Lipinski definition) is 0. The largest absolute Gasteiger partial charge is 0.339 e. The molecule has 4 rings (SSSR count). The lowest BCUT2D eigenvalue weighted by Gasteiger charge is -2.25. The molecule has 1 aliphatic rings. The van der Waals surface area contributed by atoms with Gasteiger partial charge in [0, 0.05) is 23.7 Å². The van der Waals surface area contributed by atoms with E-state index in [1.807, 2.05) is 4.90 Å². The molecule has 1 aliphatic heterocycles. The van der Waals surface area contributed by atoms with Crippen molar-refractivity contribution < 1.29 is 13.2 Å². The maximum absolute atomic E-state index is 13.5. The summed E-state index contributed by atoms with van der Waals surface area (Å²) in [5, 5.41) is 0.583. The number of carbonyl (C=O) groups excluding carboxylic acids is 1. The number of anilines is 1. The Bertz CT molecular complexity index is 1160. The Balaban J connectivity index is 1.74. The topological polar surface area (TPSA) is 57.7 Å². The van der Waals surface area contributed by atoms with Crippen molar-refractivity contribution in [2.45, 2.75) is 24.3 Å². The molecule has 1 saturated heterocycles. The van der Waals surface area contributed by atoms with Gasteiger partial charge < -0.3 is 4.90 Å². The normalized spacial score (nSPS) is 13.9. The van der Waals surface area contributed by atoms with Gasteiger partial charge in [0.05, 0.1) is 17.1 Å². The van der Waals surface area contributed by atoms with Crippen molar-refractivity contribution in [1.82, 2.24) is 4.90 Å². The highest BCUT2D eigenvalue weighted by Crippen LogP contribution is 2.28. The van der Waals surface area contributed by atoms with Crippen LogP contribution in [0.4, 0.5) is 5.69 Å². The van der Waals surface area contributed by atoms with Gasteiger partial charge in [0.15, 0.2) is 0 Å². The van der Waals surface area contributed by atoms with Crippen molar-refractivity contribution in [3.05, 3.63) is 95.0 Å². The van der Waals surface area contributed by atoms with Gasteiger partial charge in [0.1, 0.15) is 0 Å². The highest BCUT2D eigenvalue weighted by atomic mass is 35.5. The van der Waals surface area contributed by atoms with Crippen LogP contribution in [0.25, 0.3) is 0 Å². The molecule has 7 heteroatoms. The highest BCUT2D eigenvalue weighted by molar-refractivity contribution is 7.92. The van der Waals surface area contributed by atoms with Crippen LogP contribution < -0.4 is 4.31 Å². The van der Waals surface area contributed by atoms with Gasteiger partial charge in [-0.15, -0.1) is 0 Å². The molecule has 0 unspecified atom stereocenters. The average Bonchev–Trinajstić information content (AvgIpc) is 3.34. The number of likely N-dealkylation sites (tertiary alicyclic amines) is 1. The lowest BCUT2D eigenvalue weighted by atomic mass is 10.1. The molecule has 0 aliphatic carbocycles. The molecule has 1 amide bonds. The summed E-state index contributed by atoms with van der Waals surface area (Å²) in [6, 6.07) is 22.2.